The van der Waals surface area contributed by atoms with E-state index in [1.807, 2.05) is 0 Å². The number of hydrogen-bond donors (Lipinski definition) is 1. The Morgan fingerprint density at radius 2 is 2.30 bits per heavy atom. The maximum atomic E-state index is 3.41. The van der Waals surface area contributed by atoms with Gasteiger partial charge in [-0.1, -0.05) is 0 Å². The van der Waals surface area contributed by atoms with Crippen molar-refractivity contribution in [1.29, 1.82) is 0 Å². The van der Waals surface area contributed by atoms with E-state index in [-0.39, 0.29) is 0 Å². The molecule has 0 aliphatic carbocycles. The number of nitrogens with zero attached hydrogens (tertiary/aromatic N) is 1. The molecular weight excluding hydrogens is 239 g/mol. The summed E-state index contributed by atoms with van der Waals surface area (Å²) < 4.78 is 1.52. The third-order valence-electron chi connectivity index (χ3n) is 2.07. The van der Waals surface area contributed by atoms with Crippen molar-refractivity contribution in [3.05, 3.63) is 9.40 Å². The van der Waals surface area contributed by atoms with E-state index in [2.05, 4.69) is 32.8 Å². The van der Waals surface area contributed by atoms with Gasteiger partial charge in [-0.25, -0.2) is 0 Å². The van der Waals surface area contributed by atoms with Gasteiger partial charge in [0.1, 0.15) is 5.82 Å². The molecule has 0 spiro atoms. The van der Waals surface area contributed by atoms with Gasteiger partial charge in [0.25, 0.3) is 0 Å². The molecular formula is C7H11IN2. The van der Waals surface area contributed by atoms with Crippen LogP contribution in [0.4, 0.5) is 0 Å². The van der Waals surface area contributed by atoms with Gasteiger partial charge in [-0.05, 0) is 35.4 Å². The van der Waals surface area contributed by atoms with Crippen molar-refractivity contribution in [3.63, 3.8) is 0 Å². The molecule has 0 atom stereocenters. The van der Waals surface area contributed by atoms with Crippen LogP contribution in [-0.4, -0.2) is 24.5 Å². The lowest BCUT2D eigenvalue weighted by Gasteiger charge is -2.24. The third-order valence-corrected chi connectivity index (χ3v) is 3.12. The van der Waals surface area contributed by atoms with Crippen molar-refractivity contribution in [2.45, 2.75) is 12.8 Å². The maximum Gasteiger partial charge on any atom is 0.111 e. The fraction of sp³-hybridized carbons (Fsp3) is 0.714. The van der Waals surface area contributed by atoms with Crippen LogP contribution in [0.1, 0.15) is 12.8 Å². The summed E-state index contributed by atoms with van der Waals surface area (Å²) in [6.45, 7) is 3.61. The molecule has 1 fully saturated rings. The van der Waals surface area contributed by atoms with E-state index in [9.17, 15) is 0 Å². The predicted molar refractivity (Wildman–Crippen MR) is 49.9 cm³/mol. The zero-order valence-corrected chi connectivity index (χ0v) is 8.02. The number of nitrogens with one attached hydrogen (secondary N) is 1. The molecule has 3 heteroatoms. The quantitative estimate of drug-likeness (QED) is 0.652. The van der Waals surface area contributed by atoms with E-state index in [1.54, 1.807) is 0 Å². The fourth-order valence-electron chi connectivity index (χ4n) is 1.57. The van der Waals surface area contributed by atoms with Crippen LogP contribution in [0.25, 0.3) is 0 Å². The summed E-state index contributed by atoms with van der Waals surface area (Å²) in [5.41, 5.74) is 0. The Labute approximate surface area is 74.8 Å². The number of hydrogen-bond acceptors (Lipinski definition) is 2. The summed E-state index contributed by atoms with van der Waals surface area (Å²) in [5.74, 6) is 1.41. The molecule has 2 nitrogen and oxygen atoms in total. The second-order valence-electron chi connectivity index (χ2n) is 2.77. The van der Waals surface area contributed by atoms with Crippen LogP contribution in [0, 0.1) is 0 Å². The molecule has 0 amide bonds. The SMILES string of the molecule is IC1=C2NCCN2CCC1. The summed E-state index contributed by atoms with van der Waals surface area (Å²) in [7, 11) is 0. The van der Waals surface area contributed by atoms with Crippen LogP contribution in [0.5, 0.6) is 0 Å². The average molecular weight is 250 g/mol. The van der Waals surface area contributed by atoms with Crippen molar-refractivity contribution in [2.24, 2.45) is 0 Å². The van der Waals surface area contributed by atoms with Crippen molar-refractivity contribution in [2.75, 3.05) is 19.6 Å². The van der Waals surface area contributed by atoms with E-state index < -0.39 is 0 Å². The van der Waals surface area contributed by atoms with Gasteiger partial charge in [0.15, 0.2) is 0 Å². The molecule has 2 aliphatic rings. The van der Waals surface area contributed by atoms with Crippen LogP contribution >= 0.6 is 22.6 Å². The molecule has 0 unspecified atom stereocenters. The normalized spacial score (nSPS) is 24.7. The Bertz CT molecular complexity index is 176. The molecule has 0 bridgehead atoms. The lowest BCUT2D eigenvalue weighted by atomic mass is 10.2. The first-order chi connectivity index (χ1) is 4.88. The Morgan fingerprint density at radius 1 is 1.40 bits per heavy atom. The van der Waals surface area contributed by atoms with Crippen LogP contribution in [0.3, 0.4) is 0 Å². The van der Waals surface area contributed by atoms with E-state index in [1.165, 1.54) is 35.3 Å². The molecule has 1 N–H and O–H groups in total. The average Bonchev–Trinajstić information content (AvgIpc) is 2.36. The van der Waals surface area contributed by atoms with E-state index in [0.29, 0.717) is 0 Å². The highest BCUT2D eigenvalue weighted by Crippen LogP contribution is 2.26. The first kappa shape index (κ1) is 6.76. The zero-order valence-electron chi connectivity index (χ0n) is 5.86. The summed E-state index contributed by atoms with van der Waals surface area (Å²) >= 11 is 2.45. The Kier molecular flexibility index (Phi) is 1.76. The van der Waals surface area contributed by atoms with Gasteiger partial charge < -0.3 is 10.2 Å². The monoisotopic (exact) mass is 250 g/mol. The van der Waals surface area contributed by atoms with Crippen LogP contribution in [0.2, 0.25) is 0 Å². The highest BCUT2D eigenvalue weighted by atomic mass is 127. The lowest BCUT2D eigenvalue weighted by Crippen LogP contribution is -2.25. The Balaban J connectivity index is 2.25. The van der Waals surface area contributed by atoms with Crippen molar-refractivity contribution in [3.8, 4) is 0 Å². The molecule has 1 saturated heterocycles. The summed E-state index contributed by atoms with van der Waals surface area (Å²) in [6.07, 6.45) is 2.61. The highest BCUT2D eigenvalue weighted by molar-refractivity contribution is 14.1. The second kappa shape index (κ2) is 2.60. The van der Waals surface area contributed by atoms with Gasteiger partial charge in [-0.15, -0.1) is 0 Å². The number of fused-ring (bicyclic) bond motifs is 1. The summed E-state index contributed by atoms with van der Waals surface area (Å²) in [5, 5.41) is 3.41. The van der Waals surface area contributed by atoms with Crippen LogP contribution < -0.4 is 5.32 Å². The number of rotatable bonds is 0. The van der Waals surface area contributed by atoms with E-state index in [4.69, 9.17) is 0 Å². The van der Waals surface area contributed by atoms with Crippen molar-refractivity contribution < 1.29 is 0 Å². The number of halogens is 1. The Morgan fingerprint density at radius 3 is 3.10 bits per heavy atom. The molecule has 2 heterocycles. The standard InChI is InChI=1S/C7H11IN2/c8-6-2-1-4-10-5-3-9-7(6)10/h9H,1-5H2. The first-order valence-electron chi connectivity index (χ1n) is 3.75. The molecule has 0 radical (unpaired) electrons. The highest BCUT2D eigenvalue weighted by Gasteiger charge is 2.21. The predicted octanol–water partition coefficient (Wildman–Crippen LogP) is 1.29. The minimum Gasteiger partial charge on any atom is -0.369 e. The largest absolute Gasteiger partial charge is 0.369 e. The molecule has 2 aliphatic heterocycles. The number of allylic oxidation sites excluding steroid dienone is 1. The van der Waals surface area contributed by atoms with Gasteiger partial charge in [0, 0.05) is 23.2 Å². The van der Waals surface area contributed by atoms with Gasteiger partial charge in [0.2, 0.25) is 0 Å². The van der Waals surface area contributed by atoms with Crippen molar-refractivity contribution >= 4 is 22.6 Å². The zero-order chi connectivity index (χ0) is 6.97. The first-order valence-corrected chi connectivity index (χ1v) is 4.83. The maximum absolute atomic E-state index is 3.41. The fourth-order valence-corrected chi connectivity index (χ4v) is 2.48. The molecule has 56 valence electrons. The lowest BCUT2D eigenvalue weighted by molar-refractivity contribution is 0.368. The smallest absolute Gasteiger partial charge is 0.111 e. The summed E-state index contributed by atoms with van der Waals surface area (Å²) in [4.78, 5) is 2.45. The van der Waals surface area contributed by atoms with E-state index >= 15 is 0 Å². The van der Waals surface area contributed by atoms with Crippen LogP contribution in [-0.2, 0) is 0 Å². The Hall–Kier alpha value is 0.0700. The molecule has 0 saturated carbocycles. The minimum atomic E-state index is 1.14. The molecule has 2 rings (SSSR count). The van der Waals surface area contributed by atoms with Gasteiger partial charge in [-0.3, -0.25) is 0 Å². The topological polar surface area (TPSA) is 15.3 Å². The van der Waals surface area contributed by atoms with Gasteiger partial charge in [0.05, 0.1) is 0 Å². The third kappa shape index (κ3) is 1.00. The second-order valence-corrected chi connectivity index (χ2v) is 4.07. The van der Waals surface area contributed by atoms with Crippen molar-refractivity contribution in [1.82, 2.24) is 10.2 Å². The molecule has 10 heavy (non-hydrogen) atoms. The molecule has 0 aromatic carbocycles. The van der Waals surface area contributed by atoms with Gasteiger partial charge in [-0.2, -0.15) is 0 Å². The summed E-state index contributed by atoms with van der Waals surface area (Å²) in [6, 6.07) is 0. The molecule has 0 aromatic heterocycles. The van der Waals surface area contributed by atoms with E-state index in [0.717, 1.165) is 6.54 Å². The molecule has 0 aromatic rings. The van der Waals surface area contributed by atoms with Crippen LogP contribution in [0.15, 0.2) is 9.40 Å². The van der Waals surface area contributed by atoms with Gasteiger partial charge >= 0.3 is 0 Å². The minimum absolute atomic E-state index is 1.14.